The molecule has 0 bridgehead atoms. The van der Waals surface area contributed by atoms with Crippen molar-refractivity contribution in [2.24, 2.45) is 28.6 Å². The fourth-order valence-electron chi connectivity index (χ4n) is 7.95. The Morgan fingerprint density at radius 1 is 1.00 bits per heavy atom. The summed E-state index contributed by atoms with van der Waals surface area (Å²) in [6, 6.07) is 0. The number of carbonyl (C=O) groups excluding carboxylic acids is 1. The normalized spacial score (nSPS) is 43.6. The molecule has 1 aliphatic heterocycles. The molecule has 5 heteroatoms. The average molecular weight is 461 g/mol. The Bertz CT molecular complexity index is 820. The summed E-state index contributed by atoms with van der Waals surface area (Å²) in [4.78, 5) is 13.7. The van der Waals surface area contributed by atoms with Crippen LogP contribution in [0.4, 0.5) is 0 Å². The van der Waals surface area contributed by atoms with Crippen LogP contribution in [0.1, 0.15) is 79.6 Å². The molecule has 0 unspecified atom stereocenters. The summed E-state index contributed by atoms with van der Waals surface area (Å²) in [7, 11) is -1.81. The van der Waals surface area contributed by atoms with E-state index in [0.29, 0.717) is 30.8 Å². The van der Waals surface area contributed by atoms with Crippen molar-refractivity contribution < 1.29 is 18.7 Å². The zero-order chi connectivity index (χ0) is 23.2. The number of fused-ring (bicyclic) bond motifs is 6. The van der Waals surface area contributed by atoms with Crippen LogP contribution < -0.4 is 0 Å². The maximum atomic E-state index is 13.7. The highest BCUT2D eigenvalue weighted by Gasteiger charge is 2.68. The SMILES string of the molecule is CC(C)(C)[Si](C)(C)O[C@H]1CC[C@@]2(C)C(=CC(=O)[C@@H]3[C@@H]2CC[C@@]2(C)[C@H]3CCC23OCCO3)C1. The molecule has 180 valence electrons. The molecule has 4 fully saturated rings. The Hall–Kier alpha value is -0.493. The maximum Gasteiger partial charge on any atom is 0.192 e. The van der Waals surface area contributed by atoms with E-state index in [1.54, 1.807) is 0 Å². The molecule has 0 amide bonds. The first-order chi connectivity index (χ1) is 14.8. The number of carbonyl (C=O) groups is 1. The van der Waals surface area contributed by atoms with Gasteiger partial charge in [-0.1, -0.05) is 40.2 Å². The highest BCUT2D eigenvalue weighted by Crippen LogP contribution is 2.68. The lowest BCUT2D eigenvalue weighted by Crippen LogP contribution is -2.57. The predicted octanol–water partition coefficient (Wildman–Crippen LogP) is 6.26. The van der Waals surface area contributed by atoms with Crippen LogP contribution >= 0.6 is 0 Å². The van der Waals surface area contributed by atoms with E-state index in [1.165, 1.54) is 5.57 Å². The Labute approximate surface area is 196 Å². The molecule has 4 nitrogen and oxygen atoms in total. The van der Waals surface area contributed by atoms with Crippen molar-refractivity contribution in [2.75, 3.05) is 13.2 Å². The monoisotopic (exact) mass is 460 g/mol. The van der Waals surface area contributed by atoms with Gasteiger partial charge in [0.2, 0.25) is 0 Å². The number of hydrogen-bond donors (Lipinski definition) is 0. The van der Waals surface area contributed by atoms with Gasteiger partial charge < -0.3 is 13.9 Å². The van der Waals surface area contributed by atoms with E-state index in [4.69, 9.17) is 13.9 Å². The van der Waals surface area contributed by atoms with Gasteiger partial charge in [-0.3, -0.25) is 4.79 Å². The van der Waals surface area contributed by atoms with E-state index in [9.17, 15) is 4.79 Å². The summed E-state index contributed by atoms with van der Waals surface area (Å²) >= 11 is 0. The summed E-state index contributed by atoms with van der Waals surface area (Å²) in [5.74, 6) is 0.901. The zero-order valence-corrected chi connectivity index (χ0v) is 22.4. The molecular formula is C27H44O4Si. The fraction of sp³-hybridized carbons (Fsp3) is 0.889. The molecule has 32 heavy (non-hydrogen) atoms. The van der Waals surface area contributed by atoms with Crippen molar-refractivity contribution in [3.63, 3.8) is 0 Å². The Morgan fingerprint density at radius 3 is 2.31 bits per heavy atom. The molecule has 5 aliphatic rings. The topological polar surface area (TPSA) is 44.8 Å². The van der Waals surface area contributed by atoms with Gasteiger partial charge in [-0.25, -0.2) is 0 Å². The van der Waals surface area contributed by atoms with Crippen LogP contribution in [-0.2, 0) is 18.7 Å². The molecule has 4 aliphatic carbocycles. The fourth-order valence-corrected chi connectivity index (χ4v) is 9.34. The summed E-state index contributed by atoms with van der Waals surface area (Å²) in [5, 5.41) is 0.215. The molecule has 0 aromatic rings. The lowest BCUT2D eigenvalue weighted by Gasteiger charge is -2.58. The predicted molar refractivity (Wildman–Crippen MR) is 129 cm³/mol. The summed E-state index contributed by atoms with van der Waals surface area (Å²) < 4.78 is 19.3. The molecule has 0 aromatic carbocycles. The third kappa shape index (κ3) is 3.13. The number of allylic oxidation sites excluding steroid dienone is 1. The highest BCUT2D eigenvalue weighted by molar-refractivity contribution is 6.74. The standard InChI is InChI=1S/C27H44O4Si/c1-24(2,3)32(6,7)31-19-8-11-25(4)18(16-19)17-22(28)23-20(25)9-12-26(5)21(23)10-13-27(26)29-14-15-30-27/h17,19-21,23H,8-16H2,1-7H3/t19-,20-,21-,23+,25-,26-/m0/s1. The number of hydrogen-bond acceptors (Lipinski definition) is 4. The molecule has 1 saturated heterocycles. The first-order valence-corrected chi connectivity index (χ1v) is 15.9. The molecular weight excluding hydrogens is 416 g/mol. The summed E-state index contributed by atoms with van der Waals surface area (Å²) in [5.41, 5.74) is 1.48. The van der Waals surface area contributed by atoms with Gasteiger partial charge in [-0.2, -0.15) is 0 Å². The number of ether oxygens (including phenoxy) is 2. The van der Waals surface area contributed by atoms with Crippen LogP contribution in [0.5, 0.6) is 0 Å². The minimum atomic E-state index is -1.81. The third-order valence-electron chi connectivity index (χ3n) is 11.0. The van der Waals surface area contributed by atoms with Crippen LogP contribution in [0.2, 0.25) is 18.1 Å². The van der Waals surface area contributed by atoms with Crippen molar-refractivity contribution in [1.82, 2.24) is 0 Å². The van der Waals surface area contributed by atoms with Crippen LogP contribution in [0.15, 0.2) is 11.6 Å². The van der Waals surface area contributed by atoms with E-state index < -0.39 is 14.1 Å². The molecule has 1 spiro atoms. The van der Waals surface area contributed by atoms with E-state index >= 15 is 0 Å². The van der Waals surface area contributed by atoms with Crippen molar-refractivity contribution in [3.8, 4) is 0 Å². The van der Waals surface area contributed by atoms with Gasteiger partial charge in [-0.05, 0) is 80.0 Å². The minimum absolute atomic E-state index is 0.0370. The second-order valence-electron chi connectivity index (χ2n) is 13.4. The van der Waals surface area contributed by atoms with Gasteiger partial charge in [0, 0.05) is 23.9 Å². The van der Waals surface area contributed by atoms with Gasteiger partial charge >= 0.3 is 0 Å². The minimum Gasteiger partial charge on any atom is -0.414 e. The Balaban J connectivity index is 1.40. The van der Waals surface area contributed by atoms with E-state index in [2.05, 4.69) is 53.8 Å². The lowest BCUT2D eigenvalue weighted by molar-refractivity contribution is -0.240. The first kappa shape index (κ1) is 23.3. The van der Waals surface area contributed by atoms with Crippen molar-refractivity contribution in [1.29, 1.82) is 0 Å². The molecule has 0 radical (unpaired) electrons. The van der Waals surface area contributed by atoms with Gasteiger partial charge in [0.15, 0.2) is 19.9 Å². The van der Waals surface area contributed by atoms with Gasteiger partial charge in [0.05, 0.1) is 13.2 Å². The summed E-state index contributed by atoms with van der Waals surface area (Å²) in [6.07, 6.45) is 9.76. The molecule has 0 aromatic heterocycles. The van der Waals surface area contributed by atoms with E-state index in [-0.39, 0.29) is 27.9 Å². The van der Waals surface area contributed by atoms with Crippen LogP contribution in [-0.4, -0.2) is 39.2 Å². The van der Waals surface area contributed by atoms with Gasteiger partial charge in [-0.15, -0.1) is 0 Å². The highest BCUT2D eigenvalue weighted by atomic mass is 28.4. The summed E-state index contributed by atoms with van der Waals surface area (Å²) in [6.45, 7) is 17.8. The number of ketones is 1. The first-order valence-electron chi connectivity index (χ1n) is 13.0. The second-order valence-corrected chi connectivity index (χ2v) is 18.2. The average Bonchev–Trinajstić information content (AvgIpc) is 3.28. The van der Waals surface area contributed by atoms with Crippen molar-refractivity contribution >= 4 is 14.1 Å². The zero-order valence-electron chi connectivity index (χ0n) is 21.4. The van der Waals surface area contributed by atoms with Crippen molar-refractivity contribution in [3.05, 3.63) is 11.6 Å². The van der Waals surface area contributed by atoms with Crippen LogP contribution in [0.3, 0.4) is 0 Å². The third-order valence-corrected chi connectivity index (χ3v) is 15.5. The second kappa shape index (κ2) is 7.25. The van der Waals surface area contributed by atoms with Crippen LogP contribution in [0.25, 0.3) is 0 Å². The van der Waals surface area contributed by atoms with Gasteiger partial charge in [0.1, 0.15) is 0 Å². The quantitative estimate of drug-likeness (QED) is 0.456. The van der Waals surface area contributed by atoms with Gasteiger partial charge in [0.25, 0.3) is 0 Å². The van der Waals surface area contributed by atoms with Crippen LogP contribution in [0, 0.1) is 28.6 Å². The Morgan fingerprint density at radius 2 is 1.66 bits per heavy atom. The smallest absolute Gasteiger partial charge is 0.192 e. The van der Waals surface area contributed by atoms with E-state index in [0.717, 1.165) is 44.9 Å². The molecule has 5 rings (SSSR count). The maximum absolute atomic E-state index is 13.7. The lowest BCUT2D eigenvalue weighted by atomic mass is 9.47. The molecule has 0 N–H and O–H groups in total. The molecule has 3 saturated carbocycles. The Kier molecular flexibility index (Phi) is 5.27. The van der Waals surface area contributed by atoms with Crippen molar-refractivity contribution in [2.45, 2.75) is 110 Å². The molecule has 1 heterocycles. The van der Waals surface area contributed by atoms with E-state index in [1.807, 2.05) is 0 Å². The number of rotatable bonds is 2. The largest absolute Gasteiger partial charge is 0.414 e. The molecule has 6 atom stereocenters.